The summed E-state index contributed by atoms with van der Waals surface area (Å²) in [6.07, 6.45) is 3.08. The highest BCUT2D eigenvalue weighted by molar-refractivity contribution is 7.15. The van der Waals surface area contributed by atoms with Crippen LogP contribution in [0.4, 0.5) is 10.8 Å². The lowest BCUT2D eigenvalue weighted by Crippen LogP contribution is -2.08. The van der Waals surface area contributed by atoms with E-state index in [0.29, 0.717) is 23.1 Å². The maximum absolute atomic E-state index is 11.1. The van der Waals surface area contributed by atoms with E-state index in [-0.39, 0.29) is 0 Å². The quantitative estimate of drug-likeness (QED) is 0.900. The number of methoxy groups -OCH3 is 1. The van der Waals surface area contributed by atoms with E-state index >= 15 is 0 Å². The van der Waals surface area contributed by atoms with Crippen molar-refractivity contribution in [2.24, 2.45) is 0 Å². The summed E-state index contributed by atoms with van der Waals surface area (Å²) >= 11 is 1.50. The second-order valence-electron chi connectivity index (χ2n) is 4.47. The molecule has 2 N–H and O–H groups in total. The first-order valence-corrected chi connectivity index (χ1v) is 6.98. The van der Waals surface area contributed by atoms with Crippen LogP contribution in [0, 0.1) is 0 Å². The van der Waals surface area contributed by atoms with Gasteiger partial charge in [-0.3, -0.25) is 4.79 Å². The summed E-state index contributed by atoms with van der Waals surface area (Å²) < 4.78 is 4.99. The minimum Gasteiger partial charge on any atom is -0.481 e. The van der Waals surface area contributed by atoms with Crippen LogP contribution in [0.3, 0.4) is 0 Å². The molecule has 0 aromatic carbocycles. The average molecular weight is 291 g/mol. The van der Waals surface area contributed by atoms with Crippen LogP contribution in [0.15, 0.2) is 18.3 Å². The Labute approximate surface area is 119 Å². The molecule has 6 nitrogen and oxygen atoms in total. The number of hydrogen-bond acceptors (Lipinski definition) is 6. The van der Waals surface area contributed by atoms with Gasteiger partial charge in [0.05, 0.1) is 24.7 Å². The van der Waals surface area contributed by atoms with E-state index in [2.05, 4.69) is 15.3 Å². The van der Waals surface area contributed by atoms with Crippen LogP contribution >= 0.6 is 11.3 Å². The molecule has 0 radical (unpaired) electrons. The Morgan fingerprint density at radius 1 is 1.55 bits per heavy atom. The van der Waals surface area contributed by atoms with Crippen molar-refractivity contribution in [3.05, 3.63) is 28.9 Å². The molecule has 1 atom stereocenters. The predicted octanol–water partition coefficient (Wildman–Crippen LogP) is 2.40. The summed E-state index contributed by atoms with van der Waals surface area (Å²) in [4.78, 5) is 20.7. The van der Waals surface area contributed by atoms with Crippen LogP contribution in [0.2, 0.25) is 0 Å². The van der Waals surface area contributed by atoms with Gasteiger partial charge >= 0.3 is 5.97 Å². The third kappa shape index (κ3) is 2.32. The molecule has 1 aliphatic carbocycles. The Hall–Kier alpha value is -2.15. The van der Waals surface area contributed by atoms with Gasteiger partial charge in [-0.05, 0) is 18.9 Å². The first-order valence-electron chi connectivity index (χ1n) is 6.17. The molecule has 2 aromatic rings. The molecule has 0 spiro atoms. The van der Waals surface area contributed by atoms with Crippen LogP contribution in [0.1, 0.15) is 22.9 Å². The van der Waals surface area contributed by atoms with Crippen molar-refractivity contribution in [1.82, 2.24) is 9.97 Å². The van der Waals surface area contributed by atoms with E-state index in [4.69, 9.17) is 9.84 Å². The van der Waals surface area contributed by atoms with Gasteiger partial charge < -0.3 is 15.2 Å². The fourth-order valence-corrected chi connectivity index (χ4v) is 3.28. The summed E-state index contributed by atoms with van der Waals surface area (Å²) in [7, 11) is 1.56. The van der Waals surface area contributed by atoms with Gasteiger partial charge in [0.25, 0.3) is 0 Å². The summed E-state index contributed by atoms with van der Waals surface area (Å²) in [6, 6.07) is 3.59. The van der Waals surface area contributed by atoms with E-state index in [1.54, 1.807) is 19.4 Å². The summed E-state index contributed by atoms with van der Waals surface area (Å²) in [5.41, 5.74) is 1.50. The average Bonchev–Trinajstić information content (AvgIpc) is 2.98. The Balaban J connectivity index is 1.79. The van der Waals surface area contributed by atoms with E-state index in [1.807, 2.05) is 6.07 Å². The normalized spacial score (nSPS) is 16.8. The first kappa shape index (κ1) is 12.9. The number of aromatic nitrogens is 2. The molecule has 1 unspecified atom stereocenters. The highest BCUT2D eigenvalue weighted by atomic mass is 32.1. The molecule has 1 aliphatic rings. The topological polar surface area (TPSA) is 84.3 Å². The number of ether oxygens (including phenoxy) is 1. The molecule has 2 aromatic heterocycles. The van der Waals surface area contributed by atoms with Gasteiger partial charge in [-0.15, -0.1) is 11.3 Å². The minimum absolute atomic E-state index is 0.467. The summed E-state index contributed by atoms with van der Waals surface area (Å²) in [5, 5.41) is 13.0. The summed E-state index contributed by atoms with van der Waals surface area (Å²) in [5.74, 6) is -0.722. The number of rotatable bonds is 4. The number of carboxylic acids is 1. The van der Waals surface area contributed by atoms with E-state index in [1.165, 1.54) is 11.3 Å². The molecule has 0 amide bonds. The van der Waals surface area contributed by atoms with Crippen LogP contribution in [-0.2, 0) is 11.2 Å². The number of anilines is 2. The number of pyridine rings is 1. The number of nitrogens with one attached hydrogen (secondary N) is 1. The van der Waals surface area contributed by atoms with Crippen molar-refractivity contribution in [2.45, 2.75) is 18.8 Å². The number of thiazole rings is 1. The number of nitrogens with zero attached hydrogens (tertiary/aromatic N) is 2. The number of hydrogen-bond donors (Lipinski definition) is 2. The molecular formula is C13H13N3O3S. The van der Waals surface area contributed by atoms with Crippen molar-refractivity contribution < 1.29 is 14.6 Å². The van der Waals surface area contributed by atoms with Gasteiger partial charge in [0.2, 0.25) is 5.88 Å². The van der Waals surface area contributed by atoms with Crippen molar-refractivity contribution in [2.75, 3.05) is 12.4 Å². The smallest absolute Gasteiger partial charge is 0.312 e. The van der Waals surface area contributed by atoms with E-state index in [0.717, 1.165) is 17.0 Å². The third-order valence-corrected chi connectivity index (χ3v) is 4.26. The van der Waals surface area contributed by atoms with Crippen molar-refractivity contribution in [3.63, 3.8) is 0 Å². The van der Waals surface area contributed by atoms with Gasteiger partial charge in [-0.25, -0.2) is 9.97 Å². The molecular weight excluding hydrogens is 278 g/mol. The lowest BCUT2D eigenvalue weighted by atomic mass is 10.1. The van der Waals surface area contributed by atoms with Crippen LogP contribution < -0.4 is 10.1 Å². The van der Waals surface area contributed by atoms with E-state index < -0.39 is 11.9 Å². The van der Waals surface area contributed by atoms with Gasteiger partial charge in [-0.1, -0.05) is 0 Å². The molecule has 3 rings (SSSR count). The second kappa shape index (κ2) is 5.09. The first-order chi connectivity index (χ1) is 9.67. The second-order valence-corrected chi connectivity index (χ2v) is 5.55. The highest BCUT2D eigenvalue weighted by Crippen LogP contribution is 2.39. The lowest BCUT2D eigenvalue weighted by Gasteiger charge is -2.04. The van der Waals surface area contributed by atoms with Crippen LogP contribution in [0.25, 0.3) is 0 Å². The number of fused-ring (bicyclic) bond motifs is 1. The summed E-state index contributed by atoms with van der Waals surface area (Å²) in [6.45, 7) is 0. The van der Waals surface area contributed by atoms with Crippen molar-refractivity contribution in [3.8, 4) is 5.88 Å². The fourth-order valence-electron chi connectivity index (χ4n) is 2.22. The van der Waals surface area contributed by atoms with Crippen LogP contribution in [0.5, 0.6) is 5.88 Å². The number of aryl methyl sites for hydroxylation is 1. The Kier molecular flexibility index (Phi) is 3.27. The molecule has 0 aliphatic heterocycles. The molecule has 104 valence electrons. The molecule has 0 saturated carbocycles. The SMILES string of the molecule is COc1ccc(Nc2nc3c(s2)CCC3C(=O)O)cn1. The van der Waals surface area contributed by atoms with E-state index in [9.17, 15) is 4.79 Å². The maximum atomic E-state index is 11.1. The van der Waals surface area contributed by atoms with Gasteiger partial charge in [-0.2, -0.15) is 0 Å². The predicted molar refractivity (Wildman–Crippen MR) is 74.9 cm³/mol. The number of aliphatic carboxylic acids is 1. The van der Waals surface area contributed by atoms with Crippen molar-refractivity contribution >= 4 is 28.1 Å². The fraction of sp³-hybridized carbons (Fsp3) is 0.308. The van der Waals surface area contributed by atoms with Crippen molar-refractivity contribution in [1.29, 1.82) is 0 Å². The number of carbonyl (C=O) groups is 1. The zero-order valence-corrected chi connectivity index (χ0v) is 11.6. The van der Waals surface area contributed by atoms with Gasteiger partial charge in [0.15, 0.2) is 5.13 Å². The Morgan fingerprint density at radius 3 is 3.05 bits per heavy atom. The van der Waals surface area contributed by atoms with Gasteiger partial charge in [0, 0.05) is 10.9 Å². The number of carboxylic acid groups (broad SMARTS) is 1. The largest absolute Gasteiger partial charge is 0.481 e. The Morgan fingerprint density at radius 2 is 2.40 bits per heavy atom. The molecule has 7 heteroatoms. The highest BCUT2D eigenvalue weighted by Gasteiger charge is 2.32. The zero-order chi connectivity index (χ0) is 14.1. The molecule has 20 heavy (non-hydrogen) atoms. The lowest BCUT2D eigenvalue weighted by molar-refractivity contribution is -0.138. The Bertz CT molecular complexity index is 639. The molecule has 0 saturated heterocycles. The third-order valence-electron chi connectivity index (χ3n) is 3.21. The molecule has 0 fully saturated rings. The minimum atomic E-state index is -0.799. The van der Waals surface area contributed by atoms with Crippen LogP contribution in [-0.4, -0.2) is 28.2 Å². The monoisotopic (exact) mass is 291 g/mol. The van der Waals surface area contributed by atoms with Gasteiger partial charge in [0.1, 0.15) is 5.92 Å². The standard InChI is InChI=1S/C13H13N3O3S/c1-19-10-5-2-7(6-14-10)15-13-16-11-8(12(17)18)3-4-9(11)20-13/h2,5-6,8H,3-4H2,1H3,(H,15,16)(H,17,18). The zero-order valence-electron chi connectivity index (χ0n) is 10.8. The molecule has 2 heterocycles. The maximum Gasteiger partial charge on any atom is 0.312 e. The molecule has 0 bridgehead atoms.